The molecule has 258 valence electrons. The highest BCUT2D eigenvalue weighted by Crippen LogP contribution is 2.07. The summed E-state index contributed by atoms with van der Waals surface area (Å²) in [5.41, 5.74) is 32.7. The van der Waals surface area contributed by atoms with Gasteiger partial charge in [-0.15, -0.1) is 0 Å². The molecule has 45 heavy (non-hydrogen) atoms. The Bertz CT molecular complexity index is 1020. The highest BCUT2D eigenvalue weighted by atomic mass is 16.4. The Balaban J connectivity index is 5.88. The van der Waals surface area contributed by atoms with Crippen molar-refractivity contribution >= 4 is 41.5 Å². The van der Waals surface area contributed by atoms with Crippen LogP contribution in [0.25, 0.3) is 0 Å². The molecule has 0 saturated heterocycles. The van der Waals surface area contributed by atoms with Crippen molar-refractivity contribution in [1.29, 1.82) is 0 Å². The number of nitrogens with two attached hydrogens (primary N) is 6. The minimum atomic E-state index is -1.42. The number of carbonyl (C=O) groups is 5. The molecule has 0 spiro atoms. The van der Waals surface area contributed by atoms with Crippen molar-refractivity contribution in [3.05, 3.63) is 0 Å². The van der Waals surface area contributed by atoms with Crippen LogP contribution < -0.4 is 55.7 Å². The fourth-order valence-electron chi connectivity index (χ4n) is 3.88. The second-order valence-electron chi connectivity index (χ2n) is 10.7. The van der Waals surface area contributed by atoms with Crippen molar-refractivity contribution in [2.45, 2.75) is 89.0 Å². The summed E-state index contributed by atoms with van der Waals surface area (Å²) in [4.78, 5) is 71.5. The third-order valence-corrected chi connectivity index (χ3v) is 6.55. The van der Waals surface area contributed by atoms with E-state index in [0.29, 0.717) is 19.4 Å². The lowest BCUT2D eigenvalue weighted by Gasteiger charge is -2.26. The zero-order chi connectivity index (χ0) is 34.5. The number of nitrogens with zero attached hydrogens (tertiary/aromatic N) is 2. The van der Waals surface area contributed by atoms with Gasteiger partial charge in [0.05, 0.1) is 12.6 Å². The number of aliphatic hydroxyl groups is 1. The molecule has 0 radical (unpaired) electrons. The molecule has 4 amide bonds. The van der Waals surface area contributed by atoms with Crippen LogP contribution in [0.5, 0.6) is 0 Å². The molecule has 5 atom stereocenters. The Morgan fingerprint density at radius 2 is 1.04 bits per heavy atom. The minimum absolute atomic E-state index is 0.00559. The number of nitrogens with one attached hydrogen (secondary N) is 4. The van der Waals surface area contributed by atoms with Crippen molar-refractivity contribution in [1.82, 2.24) is 21.3 Å². The van der Waals surface area contributed by atoms with E-state index in [1.807, 2.05) is 0 Å². The number of carbonyl (C=O) groups excluding carboxylic acids is 4. The number of aliphatic imine (C=N–C) groups is 2. The summed E-state index contributed by atoms with van der Waals surface area (Å²) in [5.74, 6) is -4.95. The number of aliphatic hydroxyl groups excluding tert-OH is 1. The topological polar surface area (TPSA) is 355 Å². The molecule has 0 aromatic carbocycles. The van der Waals surface area contributed by atoms with Gasteiger partial charge >= 0.3 is 5.97 Å². The Labute approximate surface area is 262 Å². The molecule has 18 N–H and O–H groups in total. The maximum Gasteiger partial charge on any atom is 0.326 e. The first-order valence-electron chi connectivity index (χ1n) is 14.8. The molecular weight excluding hydrogens is 592 g/mol. The van der Waals surface area contributed by atoms with Crippen molar-refractivity contribution in [2.75, 3.05) is 26.2 Å². The number of carboxylic acid groups (broad SMARTS) is 1. The van der Waals surface area contributed by atoms with Crippen molar-refractivity contribution in [3.63, 3.8) is 0 Å². The summed E-state index contributed by atoms with van der Waals surface area (Å²) in [5, 5.41) is 29.2. The monoisotopic (exact) mass is 644 g/mol. The third kappa shape index (κ3) is 17.6. The van der Waals surface area contributed by atoms with Gasteiger partial charge in [0.2, 0.25) is 23.6 Å². The molecule has 19 nitrogen and oxygen atoms in total. The predicted molar refractivity (Wildman–Crippen MR) is 168 cm³/mol. The smallest absolute Gasteiger partial charge is 0.326 e. The molecule has 0 bridgehead atoms. The number of amides is 4. The molecule has 0 aromatic rings. The van der Waals surface area contributed by atoms with Gasteiger partial charge in [0, 0.05) is 13.1 Å². The normalized spacial score (nSPS) is 14.2. The van der Waals surface area contributed by atoms with Gasteiger partial charge in [0.15, 0.2) is 11.9 Å². The first kappa shape index (κ1) is 40.8. The summed E-state index contributed by atoms with van der Waals surface area (Å²) in [7, 11) is 0. The van der Waals surface area contributed by atoms with E-state index < -0.39 is 66.4 Å². The van der Waals surface area contributed by atoms with Crippen LogP contribution in [0.2, 0.25) is 0 Å². The first-order valence-corrected chi connectivity index (χ1v) is 14.8. The molecule has 0 unspecified atom stereocenters. The van der Waals surface area contributed by atoms with Gasteiger partial charge in [-0.2, -0.15) is 0 Å². The summed E-state index contributed by atoms with van der Waals surface area (Å²) in [6, 6.07) is -6.09. The number of hydrogen-bond donors (Lipinski definition) is 12. The molecule has 19 heteroatoms. The minimum Gasteiger partial charge on any atom is -0.480 e. The summed E-state index contributed by atoms with van der Waals surface area (Å²) in [6.07, 6.45) is 1.57. The van der Waals surface area contributed by atoms with Crippen LogP contribution in [0.15, 0.2) is 9.98 Å². The molecule has 0 rings (SSSR count). The SMILES string of the molecule is CC(C)[C@H](N)C(=O)N[C@@H](CO)C(=O)N[C@@H](CCCN=C(N)N)C(=O)N[C@@H](CCCCN)C(=O)N[C@@H](CCCN=C(N)N)C(=O)O. The Morgan fingerprint density at radius 3 is 1.44 bits per heavy atom. The van der Waals surface area contributed by atoms with E-state index in [0.717, 1.165) is 0 Å². The lowest BCUT2D eigenvalue weighted by atomic mass is 10.0. The van der Waals surface area contributed by atoms with Gasteiger partial charge < -0.3 is 65.9 Å². The Hall–Kier alpha value is -4.23. The quantitative estimate of drug-likeness (QED) is 0.0282. The van der Waals surface area contributed by atoms with Crippen molar-refractivity contribution < 1.29 is 34.2 Å². The van der Waals surface area contributed by atoms with Crippen LogP contribution in [0.4, 0.5) is 0 Å². The van der Waals surface area contributed by atoms with E-state index in [4.69, 9.17) is 34.4 Å². The number of hydrogen-bond acceptors (Lipinski definition) is 10. The molecule has 0 aliphatic carbocycles. The highest BCUT2D eigenvalue weighted by Gasteiger charge is 2.31. The van der Waals surface area contributed by atoms with Crippen LogP contribution in [-0.2, 0) is 24.0 Å². The number of unbranched alkanes of at least 4 members (excludes halogenated alkanes) is 1. The van der Waals surface area contributed by atoms with Crippen LogP contribution in [0, 0.1) is 5.92 Å². The zero-order valence-corrected chi connectivity index (χ0v) is 26.0. The predicted octanol–water partition coefficient (Wildman–Crippen LogP) is -4.78. The summed E-state index contributed by atoms with van der Waals surface area (Å²) in [6.45, 7) is 3.23. The summed E-state index contributed by atoms with van der Waals surface area (Å²) < 4.78 is 0. The number of carboxylic acids is 1. The maximum absolute atomic E-state index is 13.4. The van der Waals surface area contributed by atoms with Crippen LogP contribution in [0.3, 0.4) is 0 Å². The first-order chi connectivity index (χ1) is 21.1. The Morgan fingerprint density at radius 1 is 0.644 bits per heavy atom. The molecular formula is C26H52N12O7. The molecule has 0 aliphatic rings. The van der Waals surface area contributed by atoms with E-state index in [9.17, 15) is 34.2 Å². The van der Waals surface area contributed by atoms with E-state index >= 15 is 0 Å². The van der Waals surface area contributed by atoms with Gasteiger partial charge in [0.1, 0.15) is 24.2 Å². The van der Waals surface area contributed by atoms with Gasteiger partial charge in [0.25, 0.3) is 0 Å². The molecule has 0 aromatic heterocycles. The van der Waals surface area contributed by atoms with Gasteiger partial charge in [-0.1, -0.05) is 13.8 Å². The number of rotatable bonds is 23. The lowest BCUT2D eigenvalue weighted by molar-refractivity contribution is -0.142. The van der Waals surface area contributed by atoms with Gasteiger partial charge in [-0.25, -0.2) is 4.79 Å². The highest BCUT2D eigenvalue weighted by molar-refractivity contribution is 5.95. The molecule has 0 saturated carbocycles. The van der Waals surface area contributed by atoms with Crippen LogP contribution in [0.1, 0.15) is 58.8 Å². The molecule has 0 aliphatic heterocycles. The second kappa shape index (κ2) is 22.3. The lowest BCUT2D eigenvalue weighted by Crippen LogP contribution is -2.59. The molecule has 0 fully saturated rings. The third-order valence-electron chi connectivity index (χ3n) is 6.55. The average molecular weight is 645 g/mol. The van der Waals surface area contributed by atoms with Crippen LogP contribution in [-0.4, -0.2) is 108 Å². The van der Waals surface area contributed by atoms with Crippen molar-refractivity contribution in [3.8, 4) is 0 Å². The average Bonchev–Trinajstić information content (AvgIpc) is 2.96. The zero-order valence-electron chi connectivity index (χ0n) is 26.0. The number of aliphatic carboxylic acids is 1. The largest absolute Gasteiger partial charge is 0.480 e. The van der Waals surface area contributed by atoms with E-state index in [1.165, 1.54) is 0 Å². The van der Waals surface area contributed by atoms with E-state index in [-0.39, 0.29) is 63.0 Å². The Kier molecular flexibility index (Phi) is 20.2. The molecule has 0 heterocycles. The fraction of sp³-hybridized carbons (Fsp3) is 0.731. The van der Waals surface area contributed by atoms with E-state index in [2.05, 4.69) is 31.3 Å². The van der Waals surface area contributed by atoms with Gasteiger partial charge in [-0.05, 0) is 57.4 Å². The van der Waals surface area contributed by atoms with Gasteiger partial charge in [-0.3, -0.25) is 29.2 Å². The van der Waals surface area contributed by atoms with Crippen LogP contribution >= 0.6 is 0 Å². The summed E-state index contributed by atoms with van der Waals surface area (Å²) >= 11 is 0. The van der Waals surface area contributed by atoms with Crippen molar-refractivity contribution in [2.24, 2.45) is 50.3 Å². The fourth-order valence-corrected chi connectivity index (χ4v) is 3.88. The van der Waals surface area contributed by atoms with E-state index in [1.54, 1.807) is 13.8 Å². The number of guanidine groups is 2. The second-order valence-corrected chi connectivity index (χ2v) is 10.7. The maximum atomic E-state index is 13.4. The standard InChI is InChI=1S/C26H52N12O7/c1-14(2)19(28)23(43)38-18(13-39)22(42)36-16(8-5-11-33-25(29)30)20(40)35-15(7-3-4-10-27)21(41)37-17(24(44)45)9-6-12-34-26(31)32/h14-19,39H,3-13,27-28H2,1-2H3,(H,35,40)(H,36,42)(H,37,41)(H,38,43)(H,44,45)(H4,29,30,33)(H4,31,32,34)/t15-,16-,17-,18-,19-/m0/s1.